The van der Waals surface area contributed by atoms with Crippen LogP contribution in [0.4, 0.5) is 0 Å². The fraction of sp³-hybridized carbons (Fsp3) is 0.714. The van der Waals surface area contributed by atoms with Crippen molar-refractivity contribution in [3.63, 3.8) is 0 Å². The summed E-state index contributed by atoms with van der Waals surface area (Å²) in [5.74, 6) is 1.06. The number of rotatable bonds is 7. The minimum absolute atomic E-state index is 0.231. The van der Waals surface area contributed by atoms with Crippen LogP contribution in [0.2, 0.25) is 0 Å². The Kier molecular flexibility index (Phi) is 3.89. The third-order valence-electron chi connectivity index (χ3n) is 3.93. The molecule has 1 aliphatic rings. The predicted molar refractivity (Wildman–Crippen MR) is 69.6 cm³/mol. The molecule has 1 aromatic rings. The van der Waals surface area contributed by atoms with E-state index in [1.807, 2.05) is 6.07 Å². The summed E-state index contributed by atoms with van der Waals surface area (Å²) < 4.78 is 5.45. The molecule has 1 atom stereocenters. The minimum Gasteiger partial charge on any atom is -0.468 e. The van der Waals surface area contributed by atoms with Gasteiger partial charge in [0.1, 0.15) is 5.76 Å². The average molecular weight is 236 g/mol. The largest absolute Gasteiger partial charge is 0.468 e. The summed E-state index contributed by atoms with van der Waals surface area (Å²) in [4.78, 5) is 2.54. The Morgan fingerprint density at radius 1 is 1.53 bits per heavy atom. The molecule has 1 heterocycles. The highest BCUT2D eigenvalue weighted by atomic mass is 16.3. The monoisotopic (exact) mass is 236 g/mol. The fourth-order valence-electron chi connectivity index (χ4n) is 2.17. The first-order valence-corrected chi connectivity index (χ1v) is 6.63. The van der Waals surface area contributed by atoms with E-state index < -0.39 is 0 Å². The molecule has 0 bridgehead atoms. The lowest BCUT2D eigenvalue weighted by Crippen LogP contribution is -2.41. The van der Waals surface area contributed by atoms with Crippen LogP contribution in [0.3, 0.4) is 0 Å². The van der Waals surface area contributed by atoms with E-state index in [-0.39, 0.29) is 5.41 Å². The van der Waals surface area contributed by atoms with Gasteiger partial charge in [0.15, 0.2) is 0 Å². The van der Waals surface area contributed by atoms with Gasteiger partial charge in [-0.3, -0.25) is 4.90 Å². The molecule has 0 radical (unpaired) electrons. The van der Waals surface area contributed by atoms with Crippen molar-refractivity contribution < 1.29 is 4.42 Å². The molecule has 3 heteroatoms. The molecule has 0 amide bonds. The lowest BCUT2D eigenvalue weighted by molar-refractivity contribution is 0.141. The molecule has 3 nitrogen and oxygen atoms in total. The van der Waals surface area contributed by atoms with Crippen molar-refractivity contribution in [2.75, 3.05) is 13.1 Å². The fourth-order valence-corrected chi connectivity index (χ4v) is 2.17. The zero-order chi connectivity index (χ0) is 12.3. The van der Waals surface area contributed by atoms with Crippen LogP contribution in [0.5, 0.6) is 0 Å². The Bertz CT molecular complexity index is 326. The van der Waals surface area contributed by atoms with E-state index in [9.17, 15) is 0 Å². The molecule has 96 valence electrons. The molecule has 1 fully saturated rings. The molecule has 2 N–H and O–H groups in total. The molecule has 17 heavy (non-hydrogen) atoms. The molecule has 0 aliphatic heterocycles. The topological polar surface area (TPSA) is 42.4 Å². The summed E-state index contributed by atoms with van der Waals surface area (Å²) in [5, 5.41) is 0. The van der Waals surface area contributed by atoms with Crippen molar-refractivity contribution in [1.82, 2.24) is 4.90 Å². The highest BCUT2D eigenvalue weighted by Crippen LogP contribution is 2.32. The Balaban J connectivity index is 1.97. The maximum atomic E-state index is 5.91. The van der Waals surface area contributed by atoms with Crippen molar-refractivity contribution in [1.29, 1.82) is 0 Å². The van der Waals surface area contributed by atoms with Gasteiger partial charge in [-0.25, -0.2) is 0 Å². The van der Waals surface area contributed by atoms with Crippen LogP contribution in [0, 0.1) is 5.41 Å². The molecule has 1 aromatic heterocycles. The van der Waals surface area contributed by atoms with Gasteiger partial charge in [-0.15, -0.1) is 0 Å². The van der Waals surface area contributed by atoms with E-state index in [0.29, 0.717) is 0 Å². The second-order valence-electron chi connectivity index (χ2n) is 5.58. The summed E-state index contributed by atoms with van der Waals surface area (Å²) in [6.45, 7) is 7.26. The predicted octanol–water partition coefficient (Wildman–Crippen LogP) is 2.62. The van der Waals surface area contributed by atoms with Gasteiger partial charge in [0.25, 0.3) is 0 Å². The normalized spacial score (nSPS) is 19.5. The summed E-state index contributed by atoms with van der Waals surface area (Å²) in [6.07, 6.45) is 5.53. The molecule has 0 spiro atoms. The van der Waals surface area contributed by atoms with E-state index in [1.165, 1.54) is 12.8 Å². The number of hydrogen-bond acceptors (Lipinski definition) is 3. The maximum absolute atomic E-state index is 5.91. The van der Waals surface area contributed by atoms with E-state index in [1.54, 1.807) is 6.26 Å². The number of hydrogen-bond donors (Lipinski definition) is 1. The van der Waals surface area contributed by atoms with Crippen LogP contribution in [0.15, 0.2) is 22.8 Å². The standard InChI is InChI=1S/C14H24N2O/c1-3-14(2,10-15)11-16(12-6-7-12)9-13-5-4-8-17-13/h4-5,8,12H,3,6-7,9-11,15H2,1-2H3. The van der Waals surface area contributed by atoms with Crippen LogP contribution in [-0.2, 0) is 6.54 Å². The summed E-state index contributed by atoms with van der Waals surface area (Å²) in [7, 11) is 0. The van der Waals surface area contributed by atoms with Crippen LogP contribution in [0.25, 0.3) is 0 Å². The first-order valence-electron chi connectivity index (χ1n) is 6.63. The van der Waals surface area contributed by atoms with Crippen LogP contribution in [0.1, 0.15) is 38.9 Å². The number of nitrogens with two attached hydrogens (primary N) is 1. The van der Waals surface area contributed by atoms with Gasteiger partial charge in [-0.2, -0.15) is 0 Å². The quantitative estimate of drug-likeness (QED) is 0.791. The number of nitrogens with zero attached hydrogens (tertiary/aromatic N) is 1. The SMILES string of the molecule is CCC(C)(CN)CN(Cc1ccco1)C1CC1. The zero-order valence-corrected chi connectivity index (χ0v) is 11.0. The van der Waals surface area contributed by atoms with Gasteiger partial charge < -0.3 is 10.2 Å². The average Bonchev–Trinajstić information content (AvgIpc) is 3.07. The van der Waals surface area contributed by atoms with Gasteiger partial charge in [0, 0.05) is 12.6 Å². The van der Waals surface area contributed by atoms with E-state index in [4.69, 9.17) is 10.2 Å². The third kappa shape index (κ3) is 3.33. The lowest BCUT2D eigenvalue weighted by Gasteiger charge is -2.33. The lowest BCUT2D eigenvalue weighted by atomic mass is 9.87. The molecule has 0 saturated heterocycles. The Morgan fingerprint density at radius 2 is 2.29 bits per heavy atom. The summed E-state index contributed by atoms with van der Waals surface area (Å²) in [5.41, 5.74) is 6.14. The van der Waals surface area contributed by atoms with Crippen molar-refractivity contribution in [2.45, 2.75) is 45.7 Å². The highest BCUT2D eigenvalue weighted by Gasteiger charge is 2.34. The molecule has 1 aliphatic carbocycles. The first-order chi connectivity index (χ1) is 8.17. The smallest absolute Gasteiger partial charge is 0.117 e. The molecule has 2 rings (SSSR count). The third-order valence-corrected chi connectivity index (χ3v) is 3.93. The Morgan fingerprint density at radius 3 is 2.76 bits per heavy atom. The van der Waals surface area contributed by atoms with Crippen molar-refractivity contribution in [3.8, 4) is 0 Å². The second kappa shape index (κ2) is 5.23. The molecular weight excluding hydrogens is 212 g/mol. The van der Waals surface area contributed by atoms with Crippen molar-refractivity contribution in [3.05, 3.63) is 24.2 Å². The second-order valence-corrected chi connectivity index (χ2v) is 5.58. The highest BCUT2D eigenvalue weighted by molar-refractivity contribution is 5.00. The summed E-state index contributed by atoms with van der Waals surface area (Å²) >= 11 is 0. The molecular formula is C14H24N2O. The minimum atomic E-state index is 0.231. The van der Waals surface area contributed by atoms with Crippen molar-refractivity contribution in [2.24, 2.45) is 11.1 Å². The van der Waals surface area contributed by atoms with Gasteiger partial charge >= 0.3 is 0 Å². The molecule has 1 saturated carbocycles. The Labute approximate surface area is 104 Å². The van der Waals surface area contributed by atoms with E-state index >= 15 is 0 Å². The van der Waals surface area contributed by atoms with E-state index in [0.717, 1.165) is 37.9 Å². The van der Waals surface area contributed by atoms with Gasteiger partial charge in [0.05, 0.1) is 12.8 Å². The van der Waals surface area contributed by atoms with Crippen LogP contribution in [-0.4, -0.2) is 24.0 Å². The van der Waals surface area contributed by atoms with Crippen LogP contribution < -0.4 is 5.73 Å². The first kappa shape index (κ1) is 12.7. The number of furan rings is 1. The molecule has 1 unspecified atom stereocenters. The van der Waals surface area contributed by atoms with Crippen LogP contribution >= 0.6 is 0 Å². The van der Waals surface area contributed by atoms with Gasteiger partial charge in [0.2, 0.25) is 0 Å². The van der Waals surface area contributed by atoms with E-state index in [2.05, 4.69) is 24.8 Å². The summed E-state index contributed by atoms with van der Waals surface area (Å²) in [6, 6.07) is 4.77. The zero-order valence-electron chi connectivity index (χ0n) is 11.0. The van der Waals surface area contributed by atoms with Crippen molar-refractivity contribution >= 4 is 0 Å². The van der Waals surface area contributed by atoms with Gasteiger partial charge in [-0.05, 0) is 43.4 Å². The Hall–Kier alpha value is -0.800. The van der Waals surface area contributed by atoms with Gasteiger partial charge in [-0.1, -0.05) is 13.8 Å². The maximum Gasteiger partial charge on any atom is 0.117 e. The molecule has 0 aromatic carbocycles.